The lowest BCUT2D eigenvalue weighted by molar-refractivity contribution is -0.134. The second kappa shape index (κ2) is 6.39. The Bertz CT molecular complexity index is 714. The first-order chi connectivity index (χ1) is 11.4. The highest BCUT2D eigenvalue weighted by molar-refractivity contribution is 7.85. The number of hydrogen-bond acceptors (Lipinski definition) is 5. The minimum absolute atomic E-state index is 0.140. The molecule has 0 aliphatic carbocycles. The summed E-state index contributed by atoms with van der Waals surface area (Å²) in [7, 11) is 0.591. The summed E-state index contributed by atoms with van der Waals surface area (Å²) in [5.74, 6) is 0.132. The number of carbonyl (C=O) groups excluding carboxylic acids is 2. The van der Waals surface area contributed by atoms with Gasteiger partial charge < -0.3 is 14.5 Å². The molecule has 7 nitrogen and oxygen atoms in total. The number of ether oxygens (including phenoxy) is 1. The molecule has 1 aromatic rings. The first kappa shape index (κ1) is 16.7. The lowest BCUT2D eigenvalue weighted by atomic mass is 10.2. The highest BCUT2D eigenvalue weighted by Gasteiger charge is 2.36. The van der Waals surface area contributed by atoms with E-state index in [-0.39, 0.29) is 12.5 Å². The van der Waals surface area contributed by atoms with E-state index in [1.54, 1.807) is 24.1 Å². The average Bonchev–Trinajstić information content (AvgIpc) is 3.12. The van der Waals surface area contributed by atoms with Gasteiger partial charge in [-0.15, -0.1) is 0 Å². The average molecular weight is 355 g/mol. The van der Waals surface area contributed by atoms with E-state index in [4.69, 9.17) is 4.74 Å². The quantitative estimate of drug-likeness (QED) is 0.812. The smallest absolute Gasteiger partial charge is 0.416 e. The predicted molar refractivity (Wildman–Crippen MR) is 87.7 cm³/mol. The highest BCUT2D eigenvalue weighted by Crippen LogP contribution is 2.29. The molecule has 0 bridgehead atoms. The number of likely N-dealkylation sites (N-methyl/N-ethyl adjacent to an activating group) is 1. The largest absolute Gasteiger partial charge is 0.423 e. The van der Waals surface area contributed by atoms with E-state index in [0.717, 1.165) is 0 Å². The third kappa shape index (κ3) is 3.08. The Kier molecular flexibility index (Phi) is 4.44. The molecule has 2 amide bonds. The van der Waals surface area contributed by atoms with Gasteiger partial charge >= 0.3 is 6.09 Å². The zero-order chi connectivity index (χ0) is 17.4. The van der Waals surface area contributed by atoms with Crippen LogP contribution in [-0.4, -0.2) is 59.1 Å². The summed E-state index contributed by atoms with van der Waals surface area (Å²) in [5, 5.41) is 0. The van der Waals surface area contributed by atoms with Crippen molar-refractivity contribution in [1.82, 2.24) is 4.90 Å². The van der Waals surface area contributed by atoms with E-state index >= 15 is 0 Å². The van der Waals surface area contributed by atoms with Crippen LogP contribution in [0.3, 0.4) is 0 Å². The van der Waals surface area contributed by atoms with Crippen molar-refractivity contribution >= 4 is 34.2 Å². The SMILES string of the molecule is CC(=O)N(C)C1CN(c2ccc(N3CCS(=O)C3)c(F)c2)C(=O)O1. The van der Waals surface area contributed by atoms with E-state index in [1.165, 1.54) is 22.8 Å². The maximum Gasteiger partial charge on any atom is 0.416 e. The van der Waals surface area contributed by atoms with Gasteiger partial charge in [0.1, 0.15) is 5.82 Å². The fourth-order valence-electron chi connectivity index (χ4n) is 2.69. The zero-order valence-corrected chi connectivity index (χ0v) is 14.2. The van der Waals surface area contributed by atoms with Crippen molar-refractivity contribution in [3.05, 3.63) is 24.0 Å². The number of hydrogen-bond donors (Lipinski definition) is 0. The van der Waals surface area contributed by atoms with Crippen molar-refractivity contribution in [2.45, 2.75) is 13.2 Å². The first-order valence-electron chi connectivity index (χ1n) is 7.48. The molecule has 2 unspecified atom stereocenters. The molecular formula is C15H18FN3O4S. The summed E-state index contributed by atoms with van der Waals surface area (Å²) >= 11 is 0. The van der Waals surface area contributed by atoms with E-state index in [9.17, 15) is 18.2 Å². The van der Waals surface area contributed by atoms with Crippen LogP contribution in [0.15, 0.2) is 18.2 Å². The van der Waals surface area contributed by atoms with Crippen LogP contribution in [0.25, 0.3) is 0 Å². The van der Waals surface area contributed by atoms with Crippen LogP contribution in [0.2, 0.25) is 0 Å². The van der Waals surface area contributed by atoms with Crippen molar-refractivity contribution in [3.63, 3.8) is 0 Å². The predicted octanol–water partition coefficient (Wildman–Crippen LogP) is 1.11. The van der Waals surface area contributed by atoms with Crippen molar-refractivity contribution < 1.29 is 22.9 Å². The summed E-state index contributed by atoms with van der Waals surface area (Å²) in [6.07, 6.45) is -1.32. The van der Waals surface area contributed by atoms with Gasteiger partial charge in [0, 0.05) is 37.1 Å². The Labute approximate surface area is 141 Å². The van der Waals surface area contributed by atoms with Crippen LogP contribution in [0.1, 0.15) is 6.92 Å². The monoisotopic (exact) mass is 355 g/mol. The van der Waals surface area contributed by atoms with Crippen molar-refractivity contribution in [1.29, 1.82) is 0 Å². The van der Waals surface area contributed by atoms with Gasteiger partial charge in [0.15, 0.2) is 6.23 Å². The second-order valence-corrected chi connectivity index (χ2v) is 7.30. The molecule has 0 saturated carbocycles. The van der Waals surface area contributed by atoms with E-state index in [0.29, 0.717) is 29.5 Å². The molecule has 1 aromatic carbocycles. The van der Waals surface area contributed by atoms with E-state index in [2.05, 4.69) is 0 Å². The normalized spacial score (nSPS) is 23.5. The van der Waals surface area contributed by atoms with Crippen molar-refractivity contribution in [3.8, 4) is 0 Å². The molecule has 3 rings (SSSR count). The first-order valence-corrected chi connectivity index (χ1v) is 8.96. The van der Waals surface area contributed by atoms with Gasteiger partial charge in [-0.2, -0.15) is 0 Å². The lowest BCUT2D eigenvalue weighted by Crippen LogP contribution is -2.38. The van der Waals surface area contributed by atoms with Gasteiger partial charge in [-0.05, 0) is 18.2 Å². The summed E-state index contributed by atoms with van der Waals surface area (Å²) in [6.45, 7) is 2.06. The number of benzene rings is 1. The molecule has 2 saturated heterocycles. The molecule has 2 fully saturated rings. The zero-order valence-electron chi connectivity index (χ0n) is 13.4. The molecule has 0 aromatic heterocycles. The van der Waals surface area contributed by atoms with Gasteiger partial charge in [-0.3, -0.25) is 13.9 Å². The molecule has 0 spiro atoms. The minimum Gasteiger partial charge on any atom is -0.423 e. The number of carbonyl (C=O) groups is 2. The van der Waals surface area contributed by atoms with Crippen LogP contribution in [0.5, 0.6) is 0 Å². The van der Waals surface area contributed by atoms with Gasteiger partial charge in [0.05, 0.1) is 23.8 Å². The molecule has 2 aliphatic heterocycles. The van der Waals surface area contributed by atoms with Crippen LogP contribution in [0, 0.1) is 5.82 Å². The van der Waals surface area contributed by atoms with Crippen LogP contribution in [-0.2, 0) is 20.3 Å². The molecular weight excluding hydrogens is 337 g/mol. The lowest BCUT2D eigenvalue weighted by Gasteiger charge is -2.21. The molecule has 2 atom stereocenters. The third-order valence-corrected chi connectivity index (χ3v) is 5.43. The fourth-order valence-corrected chi connectivity index (χ4v) is 3.86. The molecule has 130 valence electrons. The topological polar surface area (TPSA) is 70.2 Å². The van der Waals surface area contributed by atoms with E-state index < -0.39 is 28.9 Å². The number of rotatable bonds is 3. The van der Waals surface area contributed by atoms with Gasteiger partial charge in [0.25, 0.3) is 0 Å². The summed E-state index contributed by atoms with van der Waals surface area (Å²) in [5.41, 5.74) is 0.732. The molecule has 2 aliphatic rings. The minimum atomic E-state index is -0.952. The Morgan fingerprint density at radius 1 is 1.46 bits per heavy atom. The number of halogens is 1. The Morgan fingerprint density at radius 2 is 2.21 bits per heavy atom. The molecule has 24 heavy (non-hydrogen) atoms. The second-order valence-electron chi connectivity index (χ2n) is 5.75. The Balaban J connectivity index is 1.78. The van der Waals surface area contributed by atoms with Crippen molar-refractivity contribution in [2.24, 2.45) is 0 Å². The van der Waals surface area contributed by atoms with Crippen LogP contribution < -0.4 is 9.80 Å². The third-order valence-electron chi connectivity index (χ3n) is 4.20. The maximum absolute atomic E-state index is 14.4. The summed E-state index contributed by atoms with van der Waals surface area (Å²) in [6, 6.07) is 4.45. The van der Waals surface area contributed by atoms with Gasteiger partial charge in [0.2, 0.25) is 5.91 Å². The van der Waals surface area contributed by atoms with E-state index in [1.807, 2.05) is 0 Å². The van der Waals surface area contributed by atoms with Gasteiger partial charge in [-0.25, -0.2) is 9.18 Å². The Morgan fingerprint density at radius 3 is 2.79 bits per heavy atom. The van der Waals surface area contributed by atoms with Crippen LogP contribution in [0.4, 0.5) is 20.6 Å². The van der Waals surface area contributed by atoms with Crippen LogP contribution >= 0.6 is 0 Å². The fraction of sp³-hybridized carbons (Fsp3) is 0.467. The molecule has 0 radical (unpaired) electrons. The molecule has 2 heterocycles. The number of cyclic esters (lactones) is 1. The standard InChI is InChI=1S/C15H18FN3O4S/c1-10(20)17(2)14-8-19(15(21)23-14)11-3-4-13(12(16)7-11)18-5-6-24(22)9-18/h3-4,7,14H,5-6,8-9H2,1-2H3. The summed E-state index contributed by atoms with van der Waals surface area (Å²) < 4.78 is 31.0. The number of anilines is 2. The summed E-state index contributed by atoms with van der Waals surface area (Å²) in [4.78, 5) is 27.7. The molecule has 0 N–H and O–H groups in total. The number of nitrogens with zero attached hydrogens (tertiary/aromatic N) is 3. The highest BCUT2D eigenvalue weighted by atomic mass is 32.2. The maximum atomic E-state index is 14.4. The van der Waals surface area contributed by atoms with Gasteiger partial charge in [-0.1, -0.05) is 0 Å². The Hall–Kier alpha value is -2.16. The number of amides is 2. The molecule has 9 heteroatoms. The van der Waals surface area contributed by atoms with Crippen molar-refractivity contribution in [2.75, 3.05) is 41.6 Å².